The maximum absolute atomic E-state index is 3.60. The normalized spacial score (nSPS) is 7.06. The van der Waals surface area contributed by atoms with Gasteiger partial charge in [-0.25, -0.2) is 0 Å². The van der Waals surface area contributed by atoms with Crippen LogP contribution >= 0.6 is 0 Å². The first kappa shape index (κ1) is 30.6. The zero-order valence-electron chi connectivity index (χ0n) is 13.0. The van der Waals surface area contributed by atoms with Gasteiger partial charge < -0.3 is 27.7 Å². The minimum Gasteiger partial charge on any atom is -0.343 e. The van der Waals surface area contributed by atoms with Crippen LogP contribution in [0.2, 0.25) is 0 Å². The van der Waals surface area contributed by atoms with Gasteiger partial charge in [-0.05, 0) is 0 Å². The summed E-state index contributed by atoms with van der Waals surface area (Å²) in [7, 11) is 0. The maximum Gasteiger partial charge on any atom is 4.00 e. The van der Waals surface area contributed by atoms with Crippen LogP contribution in [0.1, 0.15) is 79.1 Å². The molecule has 17 heavy (non-hydrogen) atoms. The zero-order valence-corrected chi connectivity index (χ0v) is 14.5. The van der Waals surface area contributed by atoms with E-state index in [0.29, 0.717) is 0 Å². The molecule has 0 radical (unpaired) electrons. The Morgan fingerprint density at radius 3 is 0.529 bits per heavy atom. The molecule has 0 bridgehead atoms. The van der Waals surface area contributed by atoms with Crippen molar-refractivity contribution in [3.63, 3.8) is 0 Å². The van der Waals surface area contributed by atoms with Crippen LogP contribution in [0.3, 0.4) is 0 Å². The van der Waals surface area contributed by atoms with Gasteiger partial charge in [0.15, 0.2) is 0 Å². The van der Waals surface area contributed by atoms with Gasteiger partial charge in [0, 0.05) is 0 Å². The zero-order chi connectivity index (χ0) is 13.7. The largest absolute Gasteiger partial charge is 4.00 e. The number of hydrogen-bond donors (Lipinski definition) is 0. The number of hydrogen-bond acceptors (Lipinski definition) is 0. The minimum atomic E-state index is 0. The van der Waals surface area contributed by atoms with Crippen molar-refractivity contribution in [1.29, 1.82) is 0 Å². The van der Waals surface area contributed by atoms with Gasteiger partial charge in [0.25, 0.3) is 0 Å². The summed E-state index contributed by atoms with van der Waals surface area (Å²) >= 11 is 0. The van der Waals surface area contributed by atoms with E-state index < -0.39 is 0 Å². The third-order valence-corrected chi connectivity index (χ3v) is 1.41. The summed E-state index contributed by atoms with van der Waals surface area (Å²) < 4.78 is 0. The first-order valence-corrected chi connectivity index (χ1v) is 6.83. The first-order chi connectivity index (χ1) is 7.66. The molecule has 0 heterocycles. The number of unbranched alkanes of at least 4 members (excludes halogenated alkanes) is 4. The second-order valence-corrected chi connectivity index (χ2v) is 3.41. The molecule has 0 fully saturated rings. The summed E-state index contributed by atoms with van der Waals surface area (Å²) in [5.41, 5.74) is 0. The second kappa shape index (κ2) is 54.4. The van der Waals surface area contributed by atoms with E-state index in [1.165, 1.54) is 25.7 Å². The van der Waals surface area contributed by atoms with E-state index in [2.05, 4.69) is 55.4 Å². The van der Waals surface area contributed by atoms with Gasteiger partial charge in [0.2, 0.25) is 0 Å². The van der Waals surface area contributed by atoms with Crippen LogP contribution in [0.15, 0.2) is 0 Å². The number of rotatable bonds is 4. The molecule has 0 atom stereocenters. The summed E-state index contributed by atoms with van der Waals surface area (Å²) in [6, 6.07) is 0. The van der Waals surface area contributed by atoms with Crippen molar-refractivity contribution in [2.75, 3.05) is 0 Å². The van der Waals surface area contributed by atoms with Crippen LogP contribution in [0.25, 0.3) is 0 Å². The second-order valence-electron chi connectivity index (χ2n) is 3.41. The Morgan fingerprint density at radius 1 is 0.471 bits per heavy atom. The van der Waals surface area contributed by atoms with Gasteiger partial charge in [-0.2, -0.15) is 25.7 Å². The Morgan fingerprint density at radius 2 is 0.529 bits per heavy atom. The van der Waals surface area contributed by atoms with Gasteiger partial charge in [0.05, 0.1) is 0 Å². The van der Waals surface area contributed by atoms with Crippen molar-refractivity contribution in [2.24, 2.45) is 0 Å². The molecule has 0 aromatic rings. The van der Waals surface area contributed by atoms with E-state index in [1.807, 2.05) is 0 Å². The van der Waals surface area contributed by atoms with Crippen LogP contribution in [-0.4, -0.2) is 0 Å². The van der Waals surface area contributed by atoms with Crippen LogP contribution in [-0.2, 0) is 21.7 Å². The molecule has 1 heteroatoms. The molecule has 0 aromatic heterocycles. The molecule has 0 saturated heterocycles. The van der Waals surface area contributed by atoms with Gasteiger partial charge in [-0.3, -0.25) is 0 Å². The summed E-state index contributed by atoms with van der Waals surface area (Å²) in [6.07, 6.45) is 9.11. The molecule has 0 aliphatic heterocycles. The standard InChI is InChI=1S/4C4H9.Ti/c4*1-3-4-2;/h4*1,3-4H2,2H3;/q4*-1;+4. The fourth-order valence-electron chi connectivity index (χ4n) is 0. The fourth-order valence-corrected chi connectivity index (χ4v) is 0. The van der Waals surface area contributed by atoms with E-state index in [1.54, 1.807) is 0 Å². The Kier molecular flexibility index (Phi) is 97.9. The molecular weight excluding hydrogens is 240 g/mol. The topological polar surface area (TPSA) is 0 Å². The Bertz CT molecular complexity index is 29.5. The molecule has 0 N–H and O–H groups in total. The maximum atomic E-state index is 3.60. The summed E-state index contributed by atoms with van der Waals surface area (Å²) in [4.78, 5) is 0. The molecule has 0 aliphatic rings. The van der Waals surface area contributed by atoms with Gasteiger partial charge in [-0.15, -0.1) is 0 Å². The average Bonchev–Trinajstić information content (AvgIpc) is 2.39. The van der Waals surface area contributed by atoms with Crippen molar-refractivity contribution in [2.45, 2.75) is 79.1 Å². The molecular formula is C16H36Ti. The Hall–Kier alpha value is 0.714. The van der Waals surface area contributed by atoms with E-state index in [9.17, 15) is 0 Å². The van der Waals surface area contributed by atoms with Crippen LogP contribution < -0.4 is 0 Å². The van der Waals surface area contributed by atoms with Crippen molar-refractivity contribution in [3.8, 4) is 0 Å². The van der Waals surface area contributed by atoms with Gasteiger partial charge in [-0.1, -0.05) is 53.4 Å². The smallest absolute Gasteiger partial charge is 0.343 e. The molecule has 0 saturated carbocycles. The molecule has 0 amide bonds. The van der Waals surface area contributed by atoms with E-state index in [4.69, 9.17) is 0 Å². The van der Waals surface area contributed by atoms with Crippen LogP contribution in [0, 0.1) is 27.7 Å². The van der Waals surface area contributed by atoms with Crippen molar-refractivity contribution >= 4 is 0 Å². The Labute approximate surface area is 128 Å². The average molecular weight is 276 g/mol. The van der Waals surface area contributed by atoms with E-state index in [-0.39, 0.29) is 21.7 Å². The molecule has 0 rings (SSSR count). The molecule has 0 unspecified atom stereocenters. The third-order valence-electron chi connectivity index (χ3n) is 1.41. The fraction of sp³-hybridized carbons (Fsp3) is 0.750. The monoisotopic (exact) mass is 276 g/mol. The van der Waals surface area contributed by atoms with Crippen LogP contribution in [0.4, 0.5) is 0 Å². The predicted molar refractivity (Wildman–Crippen MR) is 81.1 cm³/mol. The van der Waals surface area contributed by atoms with Crippen molar-refractivity contribution < 1.29 is 21.7 Å². The third kappa shape index (κ3) is 163. The van der Waals surface area contributed by atoms with Gasteiger partial charge >= 0.3 is 21.7 Å². The van der Waals surface area contributed by atoms with E-state index in [0.717, 1.165) is 25.7 Å². The molecule has 0 nitrogen and oxygen atoms in total. The SMILES string of the molecule is [CH2-]CCC.[CH2-]CCC.[CH2-]CCC.[CH2-]CCC.[Ti+4]. The minimum absolute atomic E-state index is 0. The molecule has 0 spiro atoms. The molecule has 0 aromatic carbocycles. The predicted octanol–water partition coefficient (Wildman–Crippen LogP) is 6.48. The summed E-state index contributed by atoms with van der Waals surface area (Å²) in [6.45, 7) is 22.9. The summed E-state index contributed by atoms with van der Waals surface area (Å²) in [5.74, 6) is 0. The molecule has 0 aliphatic carbocycles. The van der Waals surface area contributed by atoms with Crippen LogP contribution in [0.5, 0.6) is 0 Å². The Balaban J connectivity index is -0.0000000369. The first-order valence-electron chi connectivity index (χ1n) is 6.83. The summed E-state index contributed by atoms with van der Waals surface area (Å²) in [5, 5.41) is 0. The molecule has 104 valence electrons. The van der Waals surface area contributed by atoms with Gasteiger partial charge in [0.1, 0.15) is 0 Å². The van der Waals surface area contributed by atoms with Crippen molar-refractivity contribution in [1.82, 2.24) is 0 Å². The van der Waals surface area contributed by atoms with E-state index >= 15 is 0 Å². The van der Waals surface area contributed by atoms with Crippen molar-refractivity contribution in [3.05, 3.63) is 27.7 Å². The quantitative estimate of drug-likeness (QED) is 0.407.